The van der Waals surface area contributed by atoms with E-state index in [1.54, 1.807) is 6.92 Å². The normalized spacial score (nSPS) is 15.3. The van der Waals surface area contributed by atoms with Gasteiger partial charge in [-0.05, 0) is 27.3 Å². The van der Waals surface area contributed by atoms with Gasteiger partial charge in [0.05, 0.1) is 12.0 Å². The highest BCUT2D eigenvalue weighted by atomic mass is 16.5. The van der Waals surface area contributed by atoms with Crippen LogP contribution in [-0.2, 0) is 9.53 Å². The van der Waals surface area contributed by atoms with Gasteiger partial charge in [0.1, 0.15) is 0 Å². The number of rotatable bonds is 8. The first-order chi connectivity index (χ1) is 6.96. The molecule has 0 bridgehead atoms. The van der Waals surface area contributed by atoms with Gasteiger partial charge in [0.25, 0.3) is 0 Å². The summed E-state index contributed by atoms with van der Waals surface area (Å²) in [7, 11) is 1.93. The molecule has 4 heteroatoms. The summed E-state index contributed by atoms with van der Waals surface area (Å²) >= 11 is 0. The van der Waals surface area contributed by atoms with Crippen LogP contribution >= 0.6 is 0 Å². The van der Waals surface area contributed by atoms with Crippen molar-refractivity contribution in [2.24, 2.45) is 5.41 Å². The molecule has 1 unspecified atom stereocenters. The number of aliphatic carboxylic acids is 1. The molecule has 1 N–H and O–H groups in total. The monoisotopic (exact) mass is 217 g/mol. The molecule has 0 aromatic carbocycles. The molecule has 0 aliphatic heterocycles. The van der Waals surface area contributed by atoms with E-state index in [-0.39, 0.29) is 0 Å². The average Bonchev–Trinajstić information content (AvgIpc) is 2.17. The second-order valence-corrected chi connectivity index (χ2v) is 4.15. The van der Waals surface area contributed by atoms with Crippen LogP contribution in [0.25, 0.3) is 0 Å². The first kappa shape index (κ1) is 14.4. The lowest BCUT2D eigenvalue weighted by Gasteiger charge is -2.28. The second kappa shape index (κ2) is 6.80. The molecule has 0 aromatic rings. The maximum atomic E-state index is 11.1. The summed E-state index contributed by atoms with van der Waals surface area (Å²) in [4.78, 5) is 13.1. The number of carboxylic acids is 1. The standard InChI is InChI=1S/C11H23NO3/c1-5-11(3,10(13)14)9-12(4)7-8-15-6-2/h5-9H2,1-4H3,(H,13,14). The number of nitrogens with zero attached hydrogens (tertiary/aromatic N) is 1. The molecule has 1 atom stereocenters. The third kappa shape index (κ3) is 5.14. The highest BCUT2D eigenvalue weighted by Crippen LogP contribution is 2.22. The number of carboxylic acid groups (broad SMARTS) is 1. The smallest absolute Gasteiger partial charge is 0.310 e. The quantitative estimate of drug-likeness (QED) is 0.625. The Bertz CT molecular complexity index is 196. The van der Waals surface area contributed by atoms with Gasteiger partial charge in [-0.25, -0.2) is 0 Å². The Balaban J connectivity index is 4.01. The van der Waals surface area contributed by atoms with Gasteiger partial charge in [0.2, 0.25) is 0 Å². The fourth-order valence-corrected chi connectivity index (χ4v) is 1.37. The van der Waals surface area contributed by atoms with E-state index >= 15 is 0 Å². The molecule has 15 heavy (non-hydrogen) atoms. The molecule has 0 saturated heterocycles. The Morgan fingerprint density at radius 3 is 2.47 bits per heavy atom. The van der Waals surface area contributed by atoms with Crippen LogP contribution in [0.4, 0.5) is 0 Å². The molecule has 0 fully saturated rings. The maximum absolute atomic E-state index is 11.1. The van der Waals surface area contributed by atoms with Gasteiger partial charge in [0.15, 0.2) is 0 Å². The van der Waals surface area contributed by atoms with Crippen molar-refractivity contribution in [1.82, 2.24) is 4.90 Å². The third-order valence-electron chi connectivity index (χ3n) is 2.74. The lowest BCUT2D eigenvalue weighted by Crippen LogP contribution is -2.40. The van der Waals surface area contributed by atoms with Crippen molar-refractivity contribution in [3.05, 3.63) is 0 Å². The molecule has 0 saturated carbocycles. The summed E-state index contributed by atoms with van der Waals surface area (Å²) in [5.74, 6) is -0.728. The van der Waals surface area contributed by atoms with Crippen molar-refractivity contribution < 1.29 is 14.6 Å². The van der Waals surface area contributed by atoms with Gasteiger partial charge in [-0.15, -0.1) is 0 Å². The van der Waals surface area contributed by atoms with Crippen molar-refractivity contribution >= 4 is 5.97 Å². The minimum absolute atomic E-state index is 0.561. The van der Waals surface area contributed by atoms with Gasteiger partial charge >= 0.3 is 5.97 Å². The van der Waals surface area contributed by atoms with Gasteiger partial charge in [-0.3, -0.25) is 4.79 Å². The first-order valence-corrected chi connectivity index (χ1v) is 5.46. The summed E-state index contributed by atoms with van der Waals surface area (Å²) in [5, 5.41) is 9.10. The molecule has 0 spiro atoms. The van der Waals surface area contributed by atoms with Crippen LogP contribution < -0.4 is 0 Å². The summed E-state index contributed by atoms with van der Waals surface area (Å²) in [6, 6.07) is 0. The Kier molecular flexibility index (Phi) is 6.52. The topological polar surface area (TPSA) is 49.8 Å². The van der Waals surface area contributed by atoms with Crippen LogP contribution in [0.3, 0.4) is 0 Å². The van der Waals surface area contributed by atoms with Crippen molar-refractivity contribution in [2.45, 2.75) is 27.2 Å². The van der Waals surface area contributed by atoms with Crippen LogP contribution in [0, 0.1) is 5.41 Å². The molecular weight excluding hydrogens is 194 g/mol. The number of hydrogen-bond acceptors (Lipinski definition) is 3. The van der Waals surface area contributed by atoms with E-state index in [1.165, 1.54) is 0 Å². The summed E-state index contributed by atoms with van der Waals surface area (Å²) in [6.07, 6.45) is 0.640. The van der Waals surface area contributed by atoms with E-state index in [2.05, 4.69) is 0 Å². The minimum atomic E-state index is -0.728. The minimum Gasteiger partial charge on any atom is -0.481 e. The number of ether oxygens (including phenoxy) is 1. The van der Waals surface area contributed by atoms with Gasteiger partial charge < -0.3 is 14.7 Å². The van der Waals surface area contributed by atoms with E-state index in [1.807, 2.05) is 25.8 Å². The number of carbonyl (C=O) groups is 1. The zero-order valence-electron chi connectivity index (χ0n) is 10.2. The van der Waals surface area contributed by atoms with Crippen molar-refractivity contribution in [2.75, 3.05) is 33.4 Å². The first-order valence-electron chi connectivity index (χ1n) is 5.46. The fourth-order valence-electron chi connectivity index (χ4n) is 1.37. The Labute approximate surface area is 92.2 Å². The van der Waals surface area contributed by atoms with Gasteiger partial charge in [0, 0.05) is 19.7 Å². The van der Waals surface area contributed by atoms with Gasteiger partial charge in [-0.1, -0.05) is 6.92 Å². The summed E-state index contributed by atoms with van der Waals surface area (Å²) in [5.41, 5.74) is -0.652. The van der Waals surface area contributed by atoms with Crippen molar-refractivity contribution in [3.63, 3.8) is 0 Å². The van der Waals surface area contributed by atoms with E-state index in [0.29, 0.717) is 26.2 Å². The molecule has 90 valence electrons. The summed E-state index contributed by atoms with van der Waals surface area (Å²) in [6.45, 7) is 8.34. The molecule has 0 amide bonds. The van der Waals surface area contributed by atoms with E-state index in [9.17, 15) is 4.79 Å². The zero-order valence-corrected chi connectivity index (χ0v) is 10.2. The highest BCUT2D eigenvalue weighted by molar-refractivity contribution is 5.74. The number of hydrogen-bond donors (Lipinski definition) is 1. The molecule has 0 aliphatic rings. The predicted octanol–water partition coefficient (Wildman–Crippen LogP) is 1.46. The van der Waals surface area contributed by atoms with E-state index in [4.69, 9.17) is 9.84 Å². The summed E-state index contributed by atoms with van der Waals surface area (Å²) < 4.78 is 5.22. The maximum Gasteiger partial charge on any atom is 0.310 e. The van der Waals surface area contributed by atoms with Crippen molar-refractivity contribution in [1.29, 1.82) is 0 Å². The van der Waals surface area contributed by atoms with E-state index < -0.39 is 11.4 Å². The molecule has 0 rings (SSSR count). The van der Waals surface area contributed by atoms with Crippen LogP contribution in [0.2, 0.25) is 0 Å². The Hall–Kier alpha value is -0.610. The van der Waals surface area contributed by atoms with Gasteiger partial charge in [-0.2, -0.15) is 0 Å². The van der Waals surface area contributed by atoms with Crippen LogP contribution in [0.1, 0.15) is 27.2 Å². The Morgan fingerprint density at radius 2 is 2.07 bits per heavy atom. The van der Waals surface area contributed by atoms with Crippen LogP contribution in [0.5, 0.6) is 0 Å². The molecular formula is C11H23NO3. The number of likely N-dealkylation sites (N-methyl/N-ethyl adjacent to an activating group) is 1. The lowest BCUT2D eigenvalue weighted by atomic mass is 9.87. The van der Waals surface area contributed by atoms with E-state index in [0.717, 1.165) is 6.54 Å². The average molecular weight is 217 g/mol. The molecule has 0 radical (unpaired) electrons. The van der Waals surface area contributed by atoms with Crippen LogP contribution in [-0.4, -0.2) is 49.3 Å². The molecule has 0 aliphatic carbocycles. The van der Waals surface area contributed by atoms with Crippen molar-refractivity contribution in [3.8, 4) is 0 Å². The largest absolute Gasteiger partial charge is 0.481 e. The van der Waals surface area contributed by atoms with Crippen LogP contribution in [0.15, 0.2) is 0 Å². The third-order valence-corrected chi connectivity index (χ3v) is 2.74. The molecule has 0 heterocycles. The highest BCUT2D eigenvalue weighted by Gasteiger charge is 2.32. The zero-order chi connectivity index (χ0) is 11.9. The molecule has 4 nitrogen and oxygen atoms in total. The fraction of sp³-hybridized carbons (Fsp3) is 0.909. The SMILES string of the molecule is CCOCCN(C)CC(C)(CC)C(=O)O. The lowest BCUT2D eigenvalue weighted by molar-refractivity contribution is -0.149. The predicted molar refractivity (Wildman–Crippen MR) is 60.0 cm³/mol. The second-order valence-electron chi connectivity index (χ2n) is 4.15. The molecule has 0 aromatic heterocycles. The Morgan fingerprint density at radius 1 is 1.47 bits per heavy atom.